The predicted octanol–water partition coefficient (Wildman–Crippen LogP) is 3.16. The largest absolute Gasteiger partial charge is 0.417 e. The smallest absolute Gasteiger partial charge is 0.193 e. The third-order valence-corrected chi connectivity index (χ3v) is 1.60. The number of nitrogens with zero attached hydrogens (tertiary/aromatic N) is 1. The third kappa shape index (κ3) is 2.36. The summed E-state index contributed by atoms with van der Waals surface area (Å²) < 4.78 is 37.1. The van der Waals surface area contributed by atoms with E-state index in [1.54, 1.807) is 6.07 Å². The van der Waals surface area contributed by atoms with Gasteiger partial charge in [0.1, 0.15) is 0 Å². The number of hydrogen-bond acceptors (Lipinski definition) is 1. The molecule has 0 saturated heterocycles. The molecule has 0 unspecified atom stereocenters. The van der Waals surface area contributed by atoms with Crippen molar-refractivity contribution < 1.29 is 13.2 Å². The number of nitriles is 1. The molecule has 1 rings (SSSR count). The summed E-state index contributed by atoms with van der Waals surface area (Å²) in [5.74, 6) is 0. The van der Waals surface area contributed by atoms with E-state index in [9.17, 15) is 13.2 Å². The van der Waals surface area contributed by atoms with Crippen LogP contribution >= 0.6 is 0 Å². The SMILES string of the molecule is N#CC=C(c1ccccc1)C(F)(F)F. The molecule has 0 bridgehead atoms. The molecule has 1 nitrogen and oxygen atoms in total. The molecule has 1 aromatic carbocycles. The molecule has 0 aliphatic heterocycles. The maximum atomic E-state index is 12.4. The van der Waals surface area contributed by atoms with Crippen molar-refractivity contribution in [3.8, 4) is 6.07 Å². The first-order valence-corrected chi connectivity index (χ1v) is 3.78. The summed E-state index contributed by atoms with van der Waals surface area (Å²) in [6, 6.07) is 8.62. The van der Waals surface area contributed by atoms with E-state index >= 15 is 0 Å². The minimum atomic E-state index is -4.49. The van der Waals surface area contributed by atoms with E-state index in [0.717, 1.165) is 0 Å². The molecule has 0 radical (unpaired) electrons. The van der Waals surface area contributed by atoms with Gasteiger partial charge in [-0.25, -0.2) is 0 Å². The topological polar surface area (TPSA) is 23.8 Å². The van der Waals surface area contributed by atoms with Crippen molar-refractivity contribution in [3.05, 3.63) is 42.0 Å². The van der Waals surface area contributed by atoms with Crippen LogP contribution in [0, 0.1) is 11.3 Å². The van der Waals surface area contributed by atoms with Crippen LogP contribution in [0.15, 0.2) is 36.4 Å². The van der Waals surface area contributed by atoms with E-state index in [1.165, 1.54) is 30.3 Å². The first kappa shape index (κ1) is 10.3. The molecule has 0 atom stereocenters. The van der Waals surface area contributed by atoms with Crippen LogP contribution in [0.5, 0.6) is 0 Å². The lowest BCUT2D eigenvalue weighted by Crippen LogP contribution is -2.10. The summed E-state index contributed by atoms with van der Waals surface area (Å²) >= 11 is 0. The van der Waals surface area contributed by atoms with Crippen molar-refractivity contribution in [2.45, 2.75) is 6.18 Å². The van der Waals surface area contributed by atoms with Crippen molar-refractivity contribution in [1.82, 2.24) is 0 Å². The van der Waals surface area contributed by atoms with Gasteiger partial charge in [-0.05, 0) is 5.56 Å². The highest BCUT2D eigenvalue weighted by atomic mass is 19.4. The Bertz CT molecular complexity index is 371. The van der Waals surface area contributed by atoms with Gasteiger partial charge < -0.3 is 0 Å². The summed E-state index contributed by atoms with van der Waals surface area (Å²) in [5.41, 5.74) is -0.915. The van der Waals surface area contributed by atoms with E-state index in [1.807, 2.05) is 0 Å². The minimum Gasteiger partial charge on any atom is -0.193 e. The predicted molar refractivity (Wildman–Crippen MR) is 46.1 cm³/mol. The van der Waals surface area contributed by atoms with Gasteiger partial charge in [-0.15, -0.1) is 0 Å². The van der Waals surface area contributed by atoms with E-state index in [0.29, 0.717) is 6.08 Å². The van der Waals surface area contributed by atoms with Crippen molar-refractivity contribution >= 4 is 5.57 Å². The van der Waals surface area contributed by atoms with E-state index < -0.39 is 11.7 Å². The summed E-state index contributed by atoms with van der Waals surface area (Å²) in [5, 5.41) is 8.23. The van der Waals surface area contributed by atoms with Gasteiger partial charge in [0.05, 0.1) is 11.6 Å². The maximum absolute atomic E-state index is 12.4. The fraction of sp³-hybridized carbons (Fsp3) is 0.100. The highest BCUT2D eigenvalue weighted by molar-refractivity contribution is 5.71. The maximum Gasteiger partial charge on any atom is 0.417 e. The summed E-state index contributed by atoms with van der Waals surface area (Å²) in [6.07, 6.45) is -3.98. The van der Waals surface area contributed by atoms with Crippen molar-refractivity contribution in [2.75, 3.05) is 0 Å². The average molecular weight is 197 g/mol. The Morgan fingerprint density at radius 1 is 1.21 bits per heavy atom. The molecule has 0 amide bonds. The molecule has 4 heteroatoms. The Hall–Kier alpha value is -1.76. The first-order chi connectivity index (χ1) is 6.55. The van der Waals surface area contributed by atoms with Gasteiger partial charge in [0.25, 0.3) is 0 Å². The number of benzene rings is 1. The van der Waals surface area contributed by atoms with Crippen LogP contribution in [0.2, 0.25) is 0 Å². The zero-order valence-corrected chi connectivity index (χ0v) is 7.05. The molecule has 1 aromatic rings. The fourth-order valence-electron chi connectivity index (χ4n) is 1.01. The van der Waals surface area contributed by atoms with Gasteiger partial charge >= 0.3 is 6.18 Å². The zero-order valence-electron chi connectivity index (χ0n) is 7.05. The van der Waals surface area contributed by atoms with E-state index in [-0.39, 0.29) is 5.56 Å². The molecule has 0 fully saturated rings. The van der Waals surface area contributed by atoms with Crippen molar-refractivity contribution in [3.63, 3.8) is 0 Å². The summed E-state index contributed by atoms with van der Waals surface area (Å²) in [4.78, 5) is 0. The number of halogens is 3. The van der Waals surface area contributed by atoms with Gasteiger partial charge in [-0.2, -0.15) is 18.4 Å². The van der Waals surface area contributed by atoms with Crippen molar-refractivity contribution in [1.29, 1.82) is 5.26 Å². The van der Waals surface area contributed by atoms with Gasteiger partial charge in [-0.3, -0.25) is 0 Å². The Kier molecular flexibility index (Phi) is 2.92. The Morgan fingerprint density at radius 3 is 2.21 bits per heavy atom. The lowest BCUT2D eigenvalue weighted by molar-refractivity contribution is -0.0688. The van der Waals surface area contributed by atoms with Crippen LogP contribution in [0.25, 0.3) is 5.57 Å². The van der Waals surface area contributed by atoms with Crippen LogP contribution in [-0.2, 0) is 0 Å². The quantitative estimate of drug-likeness (QED) is 0.634. The van der Waals surface area contributed by atoms with Gasteiger partial charge in [0.15, 0.2) is 0 Å². The molecule has 72 valence electrons. The van der Waals surface area contributed by atoms with Crippen LogP contribution in [0.3, 0.4) is 0 Å². The molecule has 0 N–H and O–H groups in total. The highest BCUT2D eigenvalue weighted by Crippen LogP contribution is 2.33. The molecule has 0 aromatic heterocycles. The molecule has 0 spiro atoms. The molecular formula is C10H6F3N. The second-order valence-electron chi connectivity index (χ2n) is 2.55. The number of hydrogen-bond donors (Lipinski definition) is 0. The molecule has 14 heavy (non-hydrogen) atoms. The van der Waals surface area contributed by atoms with E-state index in [4.69, 9.17) is 5.26 Å². The molecule has 0 heterocycles. The second kappa shape index (κ2) is 3.97. The summed E-state index contributed by atoms with van der Waals surface area (Å²) in [7, 11) is 0. The number of alkyl halides is 3. The van der Waals surface area contributed by atoms with E-state index in [2.05, 4.69) is 0 Å². The van der Waals surface area contributed by atoms with Gasteiger partial charge in [0, 0.05) is 6.08 Å². The summed E-state index contributed by atoms with van der Waals surface area (Å²) in [6.45, 7) is 0. The van der Waals surface area contributed by atoms with Crippen LogP contribution in [0.1, 0.15) is 5.56 Å². The lowest BCUT2D eigenvalue weighted by Gasteiger charge is -2.09. The minimum absolute atomic E-state index is 0.00144. The second-order valence-corrected chi connectivity index (χ2v) is 2.55. The molecule has 0 aliphatic rings. The monoisotopic (exact) mass is 197 g/mol. The van der Waals surface area contributed by atoms with Crippen LogP contribution in [0.4, 0.5) is 13.2 Å². The lowest BCUT2D eigenvalue weighted by atomic mass is 10.1. The molecule has 0 aliphatic carbocycles. The molecule has 0 saturated carbocycles. The standard InChI is InChI=1S/C10H6F3N/c11-10(12,13)9(6-7-14)8-4-2-1-3-5-8/h1-6H. The highest BCUT2D eigenvalue weighted by Gasteiger charge is 2.34. The Balaban J connectivity index is 3.17. The Labute approximate surface area is 79.1 Å². The normalized spacial score (nSPS) is 12.3. The van der Waals surface area contributed by atoms with Gasteiger partial charge in [-0.1, -0.05) is 30.3 Å². The zero-order chi connectivity index (χ0) is 10.6. The number of allylic oxidation sites excluding steroid dienone is 2. The van der Waals surface area contributed by atoms with Crippen LogP contribution < -0.4 is 0 Å². The van der Waals surface area contributed by atoms with Crippen LogP contribution in [-0.4, -0.2) is 6.18 Å². The van der Waals surface area contributed by atoms with Gasteiger partial charge in [0.2, 0.25) is 0 Å². The average Bonchev–Trinajstić information content (AvgIpc) is 2.14. The third-order valence-electron chi connectivity index (χ3n) is 1.60. The Morgan fingerprint density at radius 2 is 1.79 bits per heavy atom. The molecular weight excluding hydrogens is 191 g/mol. The first-order valence-electron chi connectivity index (χ1n) is 3.78. The van der Waals surface area contributed by atoms with Crippen molar-refractivity contribution in [2.24, 2.45) is 0 Å². The number of rotatable bonds is 1. The fourth-order valence-corrected chi connectivity index (χ4v) is 1.01.